The predicted molar refractivity (Wildman–Crippen MR) is 99.9 cm³/mol. The number of carbonyl (C=O) groups excluding carboxylic acids is 1. The number of nitrogens with one attached hydrogen (secondary N) is 1. The van der Waals surface area contributed by atoms with Gasteiger partial charge >= 0.3 is 5.69 Å². The summed E-state index contributed by atoms with van der Waals surface area (Å²) in [6.45, 7) is 0.903. The quantitative estimate of drug-likeness (QED) is 0.827. The molecule has 1 aliphatic heterocycles. The number of carbonyl (C=O) groups is 1. The van der Waals surface area contributed by atoms with Crippen molar-refractivity contribution in [1.29, 1.82) is 0 Å². The van der Waals surface area contributed by atoms with Crippen LogP contribution in [0.25, 0.3) is 0 Å². The van der Waals surface area contributed by atoms with Crippen molar-refractivity contribution in [2.75, 3.05) is 21.3 Å². The van der Waals surface area contributed by atoms with Crippen molar-refractivity contribution >= 4 is 5.91 Å². The van der Waals surface area contributed by atoms with E-state index in [1.54, 1.807) is 24.8 Å². The molecule has 0 atom stereocenters. The zero-order chi connectivity index (χ0) is 19.6. The van der Waals surface area contributed by atoms with Crippen molar-refractivity contribution < 1.29 is 19.0 Å². The van der Waals surface area contributed by atoms with E-state index in [0.717, 1.165) is 30.5 Å². The second kappa shape index (κ2) is 7.77. The van der Waals surface area contributed by atoms with E-state index in [-0.39, 0.29) is 18.1 Å². The molecule has 0 radical (unpaired) electrons. The maximum Gasteiger partial charge on any atom is 0.328 e. The summed E-state index contributed by atoms with van der Waals surface area (Å²) in [7, 11) is 6.26. The molecule has 8 nitrogen and oxygen atoms in total. The van der Waals surface area contributed by atoms with Crippen LogP contribution >= 0.6 is 0 Å². The van der Waals surface area contributed by atoms with Gasteiger partial charge in [0.05, 0.1) is 27.0 Å². The van der Waals surface area contributed by atoms with E-state index in [2.05, 4.69) is 5.32 Å². The summed E-state index contributed by atoms with van der Waals surface area (Å²) in [5.74, 6) is 1.25. The van der Waals surface area contributed by atoms with Crippen LogP contribution in [-0.4, -0.2) is 36.4 Å². The minimum Gasteiger partial charge on any atom is -0.493 e. The summed E-state index contributed by atoms with van der Waals surface area (Å²) in [4.78, 5) is 25.2. The van der Waals surface area contributed by atoms with Gasteiger partial charge in [0, 0.05) is 25.7 Å². The number of nitrogens with zero attached hydrogens (tertiary/aromatic N) is 2. The molecule has 146 valence electrons. The van der Waals surface area contributed by atoms with Gasteiger partial charge in [-0.15, -0.1) is 0 Å². The molecule has 0 saturated heterocycles. The molecule has 0 spiro atoms. The standard InChI is InChI=1S/C19H25N3O5/c1-21-15(13-7-5-6-10-22(13)19(21)24)18(23)20-11-12-8-9-14(25-2)17(27-4)16(12)26-3/h8-9H,5-7,10-11H2,1-4H3,(H,20,23). The molecule has 0 fully saturated rings. The Labute approximate surface area is 157 Å². The average molecular weight is 375 g/mol. The number of hydrogen-bond donors (Lipinski definition) is 1. The van der Waals surface area contributed by atoms with Crippen molar-refractivity contribution in [3.63, 3.8) is 0 Å². The van der Waals surface area contributed by atoms with E-state index in [0.29, 0.717) is 29.5 Å². The van der Waals surface area contributed by atoms with Crippen LogP contribution in [0.2, 0.25) is 0 Å². The van der Waals surface area contributed by atoms with Gasteiger partial charge < -0.3 is 19.5 Å². The van der Waals surface area contributed by atoms with Gasteiger partial charge in [-0.1, -0.05) is 0 Å². The van der Waals surface area contributed by atoms with Gasteiger partial charge in [0.15, 0.2) is 11.5 Å². The Hall–Kier alpha value is -2.90. The fourth-order valence-corrected chi connectivity index (χ4v) is 3.60. The molecule has 2 heterocycles. The zero-order valence-electron chi connectivity index (χ0n) is 16.1. The van der Waals surface area contributed by atoms with Gasteiger partial charge in [-0.2, -0.15) is 0 Å². The van der Waals surface area contributed by atoms with Gasteiger partial charge in [0.1, 0.15) is 5.69 Å². The van der Waals surface area contributed by atoms with Crippen LogP contribution < -0.4 is 25.2 Å². The average Bonchev–Trinajstić information content (AvgIpc) is 2.95. The molecule has 1 aromatic heterocycles. The lowest BCUT2D eigenvalue weighted by Crippen LogP contribution is -2.28. The number of methoxy groups -OCH3 is 3. The first-order valence-corrected chi connectivity index (χ1v) is 8.87. The second-order valence-corrected chi connectivity index (χ2v) is 6.42. The summed E-state index contributed by atoms with van der Waals surface area (Å²) >= 11 is 0. The number of imidazole rings is 1. The molecule has 2 aromatic rings. The number of fused-ring (bicyclic) bond motifs is 1. The molecule has 27 heavy (non-hydrogen) atoms. The lowest BCUT2D eigenvalue weighted by Gasteiger charge is -2.17. The van der Waals surface area contributed by atoms with Crippen LogP contribution in [0.3, 0.4) is 0 Å². The highest BCUT2D eigenvalue weighted by Crippen LogP contribution is 2.39. The monoisotopic (exact) mass is 375 g/mol. The first kappa shape index (κ1) is 18.9. The van der Waals surface area contributed by atoms with Crippen LogP contribution in [0.1, 0.15) is 34.6 Å². The van der Waals surface area contributed by atoms with Gasteiger partial charge in [-0.3, -0.25) is 13.9 Å². The highest BCUT2D eigenvalue weighted by atomic mass is 16.5. The van der Waals surface area contributed by atoms with Gasteiger partial charge in [0.25, 0.3) is 5.91 Å². The number of benzene rings is 1. The second-order valence-electron chi connectivity index (χ2n) is 6.42. The van der Waals surface area contributed by atoms with Crippen molar-refractivity contribution in [3.05, 3.63) is 39.6 Å². The van der Waals surface area contributed by atoms with Crippen molar-refractivity contribution in [2.45, 2.75) is 32.4 Å². The predicted octanol–water partition coefficient (Wildman–Crippen LogP) is 1.48. The van der Waals surface area contributed by atoms with Crippen LogP contribution in [0.5, 0.6) is 17.2 Å². The number of ether oxygens (including phenoxy) is 3. The van der Waals surface area contributed by atoms with Crippen LogP contribution in [0.4, 0.5) is 0 Å². The summed E-state index contributed by atoms with van der Waals surface area (Å²) in [5.41, 5.74) is 1.85. The van der Waals surface area contributed by atoms with E-state index in [1.165, 1.54) is 18.8 Å². The normalized spacial score (nSPS) is 13.0. The maximum atomic E-state index is 12.8. The lowest BCUT2D eigenvalue weighted by molar-refractivity contribution is 0.0940. The third-order valence-corrected chi connectivity index (χ3v) is 4.94. The zero-order valence-corrected chi connectivity index (χ0v) is 16.1. The fraction of sp³-hybridized carbons (Fsp3) is 0.474. The minimum atomic E-state index is -0.276. The topological polar surface area (TPSA) is 83.7 Å². The highest BCUT2D eigenvalue weighted by Gasteiger charge is 2.25. The van der Waals surface area contributed by atoms with Crippen LogP contribution in [-0.2, 0) is 26.6 Å². The third-order valence-electron chi connectivity index (χ3n) is 4.94. The molecule has 0 bridgehead atoms. The Bertz CT molecular complexity index is 913. The number of aromatic nitrogens is 2. The molecule has 1 aromatic carbocycles. The van der Waals surface area contributed by atoms with Crippen molar-refractivity contribution in [3.8, 4) is 17.2 Å². The van der Waals surface area contributed by atoms with Crippen molar-refractivity contribution in [2.24, 2.45) is 7.05 Å². The Morgan fingerprint density at radius 3 is 2.52 bits per heavy atom. The number of rotatable bonds is 6. The molecule has 0 unspecified atom stereocenters. The molecule has 1 aliphatic rings. The molecule has 1 N–H and O–H groups in total. The Morgan fingerprint density at radius 2 is 1.85 bits per heavy atom. The Balaban J connectivity index is 1.86. The third kappa shape index (κ3) is 3.27. The molecule has 8 heteroatoms. The summed E-state index contributed by atoms with van der Waals surface area (Å²) < 4.78 is 19.2. The first-order valence-electron chi connectivity index (χ1n) is 8.87. The maximum absolute atomic E-state index is 12.8. The smallest absolute Gasteiger partial charge is 0.328 e. The largest absolute Gasteiger partial charge is 0.493 e. The fourth-order valence-electron chi connectivity index (χ4n) is 3.60. The van der Waals surface area contributed by atoms with Crippen LogP contribution in [0.15, 0.2) is 16.9 Å². The van der Waals surface area contributed by atoms with E-state index < -0.39 is 0 Å². The van der Waals surface area contributed by atoms with E-state index >= 15 is 0 Å². The van der Waals surface area contributed by atoms with Gasteiger partial charge in [0.2, 0.25) is 5.75 Å². The van der Waals surface area contributed by atoms with Crippen molar-refractivity contribution in [1.82, 2.24) is 14.5 Å². The summed E-state index contributed by atoms with van der Waals surface area (Å²) in [5, 5.41) is 2.89. The molecule has 0 aliphatic carbocycles. The highest BCUT2D eigenvalue weighted by molar-refractivity contribution is 5.93. The Morgan fingerprint density at radius 1 is 1.11 bits per heavy atom. The minimum absolute atomic E-state index is 0.140. The molecular weight excluding hydrogens is 350 g/mol. The summed E-state index contributed by atoms with van der Waals surface area (Å²) in [6.07, 6.45) is 2.67. The Kier molecular flexibility index (Phi) is 5.43. The summed E-state index contributed by atoms with van der Waals surface area (Å²) in [6, 6.07) is 3.58. The first-order chi connectivity index (χ1) is 13.0. The SMILES string of the molecule is COc1ccc(CNC(=O)c2c3n(c(=O)n2C)CCCC3)c(OC)c1OC. The van der Waals surface area contributed by atoms with E-state index in [9.17, 15) is 9.59 Å². The molecule has 1 amide bonds. The van der Waals surface area contributed by atoms with E-state index in [1.807, 2.05) is 6.07 Å². The van der Waals surface area contributed by atoms with E-state index in [4.69, 9.17) is 14.2 Å². The molecule has 3 rings (SSSR count). The van der Waals surface area contributed by atoms with Crippen LogP contribution in [0, 0.1) is 0 Å². The molecule has 0 saturated carbocycles. The molecular formula is C19H25N3O5. The number of hydrogen-bond acceptors (Lipinski definition) is 5. The lowest BCUT2D eigenvalue weighted by atomic mass is 10.1. The number of amides is 1. The van der Waals surface area contributed by atoms with Gasteiger partial charge in [-0.05, 0) is 31.4 Å². The van der Waals surface area contributed by atoms with Gasteiger partial charge in [-0.25, -0.2) is 4.79 Å².